The first-order valence-electron chi connectivity index (χ1n) is 6.62. The highest BCUT2D eigenvalue weighted by atomic mass is 16.6. The van der Waals surface area contributed by atoms with Gasteiger partial charge in [-0.1, -0.05) is 19.9 Å². The van der Waals surface area contributed by atoms with Crippen LogP contribution in [0.5, 0.6) is 0 Å². The van der Waals surface area contributed by atoms with Gasteiger partial charge in [-0.2, -0.15) is 0 Å². The van der Waals surface area contributed by atoms with Gasteiger partial charge in [-0.25, -0.2) is 4.98 Å². The van der Waals surface area contributed by atoms with Crippen LogP contribution in [-0.2, 0) is 9.31 Å². The summed E-state index contributed by atoms with van der Waals surface area (Å²) in [5.41, 5.74) is 1.65. The summed E-state index contributed by atoms with van der Waals surface area (Å²) >= 11 is 0. The average Bonchev–Trinajstić information content (AvgIpc) is 2.77. The van der Waals surface area contributed by atoms with E-state index in [1.807, 2.05) is 18.3 Å². The van der Waals surface area contributed by atoms with Crippen LogP contribution < -0.4 is 5.46 Å². The molecule has 1 fully saturated rings. The van der Waals surface area contributed by atoms with Crippen LogP contribution in [0, 0.1) is 5.41 Å². The molecule has 0 aliphatic carbocycles. The van der Waals surface area contributed by atoms with Crippen LogP contribution in [0.2, 0.25) is 0 Å². The van der Waals surface area contributed by atoms with Crippen molar-refractivity contribution in [2.75, 3.05) is 6.61 Å². The van der Waals surface area contributed by atoms with E-state index >= 15 is 0 Å². The number of rotatable bonds is 1. The van der Waals surface area contributed by atoms with Crippen molar-refractivity contribution >= 4 is 23.6 Å². The summed E-state index contributed by atoms with van der Waals surface area (Å²) in [6, 6.07) is 3.96. The molecule has 19 heavy (non-hydrogen) atoms. The summed E-state index contributed by atoms with van der Waals surface area (Å²) in [4.78, 5) is 7.46. The van der Waals surface area contributed by atoms with E-state index in [4.69, 9.17) is 9.31 Å². The van der Waals surface area contributed by atoms with Crippen molar-refractivity contribution in [3.05, 3.63) is 24.5 Å². The first kappa shape index (κ1) is 12.7. The number of fused-ring (bicyclic) bond motifs is 1. The zero-order chi connectivity index (χ0) is 13.7. The molecule has 2 aromatic rings. The Kier molecular flexibility index (Phi) is 2.73. The lowest BCUT2D eigenvalue weighted by molar-refractivity contribution is -0.0936. The van der Waals surface area contributed by atoms with Crippen molar-refractivity contribution in [3.63, 3.8) is 0 Å². The number of nitrogens with zero attached hydrogens (tertiary/aromatic N) is 1. The van der Waals surface area contributed by atoms with Gasteiger partial charge in [0.2, 0.25) is 0 Å². The maximum absolute atomic E-state index is 6.17. The monoisotopic (exact) mass is 258 g/mol. The quantitative estimate of drug-likeness (QED) is 0.797. The maximum atomic E-state index is 6.17. The minimum absolute atomic E-state index is 0.00609. The summed E-state index contributed by atoms with van der Waals surface area (Å²) in [6.45, 7) is 9.25. The van der Waals surface area contributed by atoms with Gasteiger partial charge >= 0.3 is 7.12 Å². The van der Waals surface area contributed by atoms with E-state index in [2.05, 4.69) is 37.7 Å². The highest BCUT2D eigenvalue weighted by molar-refractivity contribution is 6.64. The Bertz CT molecular complexity index is 606. The van der Waals surface area contributed by atoms with Gasteiger partial charge in [0.05, 0.1) is 5.60 Å². The summed E-state index contributed by atoms with van der Waals surface area (Å²) in [7, 11) is -0.332. The lowest BCUT2D eigenvalue weighted by Crippen LogP contribution is -2.58. The number of pyridine rings is 1. The topological polar surface area (TPSA) is 47.1 Å². The normalized spacial score (nSPS) is 21.8. The lowest BCUT2D eigenvalue weighted by Gasteiger charge is -2.47. The van der Waals surface area contributed by atoms with Crippen molar-refractivity contribution in [2.24, 2.45) is 5.41 Å². The Morgan fingerprint density at radius 2 is 2.11 bits per heavy atom. The lowest BCUT2D eigenvalue weighted by atomic mass is 9.69. The molecule has 0 spiro atoms. The van der Waals surface area contributed by atoms with E-state index in [1.54, 1.807) is 6.20 Å². The van der Waals surface area contributed by atoms with E-state index in [9.17, 15) is 0 Å². The number of nitrogens with one attached hydrogen (secondary N) is 1. The van der Waals surface area contributed by atoms with Crippen LogP contribution in [-0.4, -0.2) is 29.3 Å². The molecule has 3 heterocycles. The standard InChI is InChI=1S/C14H19BN2O2/c1-13(2)9-18-15(19-14(13,3)4)11-8-17-12-10(11)6-5-7-16-12/h5-8H,9H2,1-4H3,(H,16,17). The Morgan fingerprint density at radius 1 is 1.32 bits per heavy atom. The van der Waals surface area contributed by atoms with Crippen LogP contribution >= 0.6 is 0 Å². The molecular weight excluding hydrogens is 239 g/mol. The highest BCUT2D eigenvalue weighted by Gasteiger charge is 2.47. The van der Waals surface area contributed by atoms with Crippen molar-refractivity contribution in [1.29, 1.82) is 0 Å². The predicted molar refractivity (Wildman–Crippen MR) is 76.4 cm³/mol. The Hall–Kier alpha value is -1.33. The van der Waals surface area contributed by atoms with E-state index in [0.717, 1.165) is 16.5 Å². The van der Waals surface area contributed by atoms with Crippen LogP contribution in [0.25, 0.3) is 11.0 Å². The van der Waals surface area contributed by atoms with Crippen LogP contribution in [0.4, 0.5) is 0 Å². The first-order valence-corrected chi connectivity index (χ1v) is 6.62. The van der Waals surface area contributed by atoms with E-state index in [0.29, 0.717) is 6.61 Å². The Morgan fingerprint density at radius 3 is 2.84 bits per heavy atom. The molecule has 0 atom stereocenters. The van der Waals surface area contributed by atoms with Gasteiger partial charge in [0, 0.05) is 35.3 Å². The molecule has 0 saturated carbocycles. The number of hydrogen-bond acceptors (Lipinski definition) is 3. The van der Waals surface area contributed by atoms with Crippen LogP contribution in [0.15, 0.2) is 24.5 Å². The van der Waals surface area contributed by atoms with Crippen LogP contribution in [0.3, 0.4) is 0 Å². The molecule has 1 saturated heterocycles. The van der Waals surface area contributed by atoms with Gasteiger partial charge in [-0.3, -0.25) is 0 Å². The number of aromatic nitrogens is 2. The second-order valence-corrected chi connectivity index (χ2v) is 6.30. The number of hydrogen-bond donors (Lipinski definition) is 1. The average molecular weight is 258 g/mol. The summed E-state index contributed by atoms with van der Waals surface area (Å²) in [5.74, 6) is 0. The second kappa shape index (κ2) is 4.08. The maximum Gasteiger partial charge on any atom is 0.496 e. The largest absolute Gasteiger partial charge is 0.496 e. The van der Waals surface area contributed by atoms with E-state index < -0.39 is 0 Å². The zero-order valence-electron chi connectivity index (χ0n) is 11.9. The van der Waals surface area contributed by atoms with Crippen LogP contribution in [0.1, 0.15) is 27.7 Å². The molecular formula is C14H19BN2O2. The molecule has 1 N–H and O–H groups in total. The molecule has 100 valence electrons. The third kappa shape index (κ3) is 1.97. The molecule has 3 rings (SSSR count). The van der Waals surface area contributed by atoms with Gasteiger partial charge in [-0.15, -0.1) is 0 Å². The molecule has 0 aromatic carbocycles. The van der Waals surface area contributed by atoms with Gasteiger partial charge in [0.15, 0.2) is 0 Å². The molecule has 0 amide bonds. The van der Waals surface area contributed by atoms with Crippen molar-refractivity contribution in [3.8, 4) is 0 Å². The van der Waals surface area contributed by atoms with Gasteiger partial charge in [0.1, 0.15) is 5.65 Å². The van der Waals surface area contributed by atoms with E-state index in [-0.39, 0.29) is 18.1 Å². The summed E-state index contributed by atoms with van der Waals surface area (Å²) in [6.07, 6.45) is 3.70. The van der Waals surface area contributed by atoms with Crippen molar-refractivity contribution in [1.82, 2.24) is 9.97 Å². The summed E-state index contributed by atoms with van der Waals surface area (Å²) < 4.78 is 12.1. The fourth-order valence-electron chi connectivity index (χ4n) is 2.24. The minimum atomic E-state index is -0.332. The third-order valence-corrected chi connectivity index (χ3v) is 4.36. The fourth-order valence-corrected chi connectivity index (χ4v) is 2.24. The van der Waals surface area contributed by atoms with Gasteiger partial charge in [0.25, 0.3) is 0 Å². The molecule has 2 aromatic heterocycles. The zero-order valence-corrected chi connectivity index (χ0v) is 11.9. The minimum Gasteiger partial charge on any atom is -0.407 e. The molecule has 1 aliphatic heterocycles. The van der Waals surface area contributed by atoms with E-state index in [1.165, 1.54) is 0 Å². The molecule has 4 nitrogen and oxygen atoms in total. The second-order valence-electron chi connectivity index (χ2n) is 6.30. The first-order chi connectivity index (χ1) is 8.91. The Balaban J connectivity index is 1.96. The number of aromatic amines is 1. The van der Waals surface area contributed by atoms with Crippen molar-refractivity contribution in [2.45, 2.75) is 33.3 Å². The SMILES string of the molecule is CC1(C)COB(c2c[nH]c3ncccc23)OC1(C)C. The van der Waals surface area contributed by atoms with Gasteiger partial charge < -0.3 is 14.3 Å². The third-order valence-electron chi connectivity index (χ3n) is 4.36. The smallest absolute Gasteiger partial charge is 0.407 e. The molecule has 0 unspecified atom stereocenters. The Labute approximate surface area is 113 Å². The summed E-state index contributed by atoms with van der Waals surface area (Å²) in [5, 5.41) is 1.06. The molecule has 0 bridgehead atoms. The highest BCUT2D eigenvalue weighted by Crippen LogP contribution is 2.38. The molecule has 5 heteroatoms. The predicted octanol–water partition coefficient (Wildman–Crippen LogP) is 2.11. The van der Waals surface area contributed by atoms with Gasteiger partial charge in [-0.05, 0) is 19.9 Å². The fraction of sp³-hybridized carbons (Fsp3) is 0.500. The molecule has 1 aliphatic rings. The molecule has 0 radical (unpaired) electrons. The number of H-pyrrole nitrogens is 1. The van der Waals surface area contributed by atoms with Crippen molar-refractivity contribution < 1.29 is 9.31 Å².